The van der Waals surface area contributed by atoms with Crippen molar-refractivity contribution in [3.8, 4) is 11.5 Å². The maximum Gasteiger partial charge on any atom is 0.245 e. The van der Waals surface area contributed by atoms with E-state index in [9.17, 15) is 4.79 Å². The molecule has 22 heavy (non-hydrogen) atoms. The van der Waals surface area contributed by atoms with Crippen LogP contribution >= 0.6 is 11.3 Å². The summed E-state index contributed by atoms with van der Waals surface area (Å²) in [6.07, 6.45) is 0.334. The first-order valence-electron chi connectivity index (χ1n) is 6.72. The maximum atomic E-state index is 11.8. The van der Waals surface area contributed by atoms with E-state index in [0.29, 0.717) is 23.6 Å². The predicted octanol–water partition coefficient (Wildman–Crippen LogP) is 2.85. The normalized spacial score (nSPS) is 11.1. The van der Waals surface area contributed by atoms with Gasteiger partial charge in [0.1, 0.15) is 0 Å². The van der Waals surface area contributed by atoms with E-state index in [4.69, 9.17) is 9.47 Å². The molecule has 116 valence electrons. The number of ether oxygens (including phenoxy) is 2. The quantitative estimate of drug-likeness (QED) is 0.658. The van der Waals surface area contributed by atoms with E-state index in [2.05, 4.69) is 10.5 Å². The van der Waals surface area contributed by atoms with Crippen molar-refractivity contribution in [2.24, 2.45) is 5.10 Å². The molecule has 2 rings (SSSR count). The first kappa shape index (κ1) is 16.0. The van der Waals surface area contributed by atoms with Gasteiger partial charge in [-0.2, -0.15) is 5.10 Å². The monoisotopic (exact) mass is 318 g/mol. The summed E-state index contributed by atoms with van der Waals surface area (Å²) in [7, 11) is 3.17. The van der Waals surface area contributed by atoms with E-state index >= 15 is 0 Å². The molecule has 1 heterocycles. The molecule has 1 aromatic carbocycles. The minimum Gasteiger partial charge on any atom is -0.493 e. The van der Waals surface area contributed by atoms with E-state index in [1.54, 1.807) is 31.6 Å². The van der Waals surface area contributed by atoms with Crippen LogP contribution in [0.4, 0.5) is 0 Å². The molecule has 0 atom stereocenters. The third-order valence-electron chi connectivity index (χ3n) is 3.06. The van der Waals surface area contributed by atoms with Gasteiger partial charge in [-0.05, 0) is 36.6 Å². The van der Waals surface area contributed by atoms with E-state index in [0.717, 1.165) is 10.4 Å². The lowest BCUT2D eigenvalue weighted by molar-refractivity contribution is -0.120. The number of hydrogen-bond donors (Lipinski definition) is 1. The van der Waals surface area contributed by atoms with Gasteiger partial charge in [-0.3, -0.25) is 4.79 Å². The number of rotatable bonds is 6. The van der Waals surface area contributed by atoms with Crippen LogP contribution in [0.1, 0.15) is 17.4 Å². The Balaban J connectivity index is 2.04. The minimum atomic E-state index is -0.137. The molecule has 5 nitrogen and oxygen atoms in total. The Morgan fingerprint density at radius 2 is 2.00 bits per heavy atom. The number of amides is 1. The lowest BCUT2D eigenvalue weighted by Crippen LogP contribution is -2.20. The highest BCUT2D eigenvalue weighted by atomic mass is 32.1. The van der Waals surface area contributed by atoms with Crippen molar-refractivity contribution in [2.75, 3.05) is 14.2 Å². The third-order valence-corrected chi connectivity index (χ3v) is 3.94. The van der Waals surface area contributed by atoms with Gasteiger partial charge in [-0.1, -0.05) is 6.07 Å². The summed E-state index contributed by atoms with van der Waals surface area (Å²) >= 11 is 1.55. The zero-order chi connectivity index (χ0) is 15.9. The molecule has 1 aromatic heterocycles. The number of methoxy groups -OCH3 is 2. The van der Waals surface area contributed by atoms with Gasteiger partial charge in [0.05, 0.1) is 26.4 Å². The van der Waals surface area contributed by atoms with Crippen LogP contribution in [-0.2, 0) is 11.2 Å². The first-order chi connectivity index (χ1) is 10.6. The summed E-state index contributed by atoms with van der Waals surface area (Å²) < 4.78 is 10.5. The fourth-order valence-electron chi connectivity index (χ4n) is 1.88. The Labute approximate surface area is 133 Å². The number of benzene rings is 1. The molecular formula is C16H18N2O3S. The molecule has 0 bridgehead atoms. The number of carbonyl (C=O) groups excluding carboxylic acids is 1. The van der Waals surface area contributed by atoms with Gasteiger partial charge < -0.3 is 9.47 Å². The Morgan fingerprint density at radius 1 is 1.23 bits per heavy atom. The van der Waals surface area contributed by atoms with Gasteiger partial charge in [0.2, 0.25) is 5.91 Å². The number of nitrogens with one attached hydrogen (secondary N) is 1. The van der Waals surface area contributed by atoms with Gasteiger partial charge in [-0.15, -0.1) is 11.3 Å². The highest BCUT2D eigenvalue weighted by Gasteiger charge is 2.07. The number of carbonyl (C=O) groups is 1. The summed E-state index contributed by atoms with van der Waals surface area (Å²) in [5.74, 6) is 1.14. The molecule has 0 saturated carbocycles. The molecule has 2 aromatic rings. The molecule has 1 amide bonds. The Kier molecular flexibility index (Phi) is 5.55. The van der Waals surface area contributed by atoms with Crippen LogP contribution < -0.4 is 14.9 Å². The summed E-state index contributed by atoms with van der Waals surface area (Å²) in [5.41, 5.74) is 4.12. The molecule has 0 aliphatic heterocycles. The SMILES string of the molecule is COc1ccc(/C(C)=N\NC(=O)Cc2cccs2)cc1OC. The molecule has 0 aliphatic rings. The highest BCUT2D eigenvalue weighted by Crippen LogP contribution is 2.27. The molecular weight excluding hydrogens is 300 g/mol. The summed E-state index contributed by atoms with van der Waals surface area (Å²) in [6.45, 7) is 1.83. The highest BCUT2D eigenvalue weighted by molar-refractivity contribution is 7.10. The summed E-state index contributed by atoms with van der Waals surface area (Å²) in [5, 5.41) is 6.08. The molecule has 0 spiro atoms. The van der Waals surface area contributed by atoms with Crippen LogP contribution in [0.5, 0.6) is 11.5 Å². The standard InChI is InChI=1S/C16H18N2O3S/c1-11(12-6-7-14(20-2)15(9-12)21-3)17-18-16(19)10-13-5-4-8-22-13/h4-9H,10H2,1-3H3,(H,18,19)/b17-11-. The number of nitrogens with zero attached hydrogens (tertiary/aromatic N) is 1. The second-order valence-electron chi connectivity index (χ2n) is 4.56. The van der Waals surface area contributed by atoms with Gasteiger partial charge in [-0.25, -0.2) is 5.43 Å². The maximum absolute atomic E-state index is 11.8. The van der Waals surface area contributed by atoms with E-state index in [-0.39, 0.29) is 5.91 Å². The lowest BCUT2D eigenvalue weighted by Gasteiger charge is -2.09. The largest absolute Gasteiger partial charge is 0.493 e. The van der Waals surface area contributed by atoms with Gasteiger partial charge in [0, 0.05) is 10.4 Å². The van der Waals surface area contributed by atoms with Crippen LogP contribution in [0.3, 0.4) is 0 Å². The first-order valence-corrected chi connectivity index (χ1v) is 7.60. The van der Waals surface area contributed by atoms with Gasteiger partial charge in [0.15, 0.2) is 11.5 Å². The van der Waals surface area contributed by atoms with E-state index in [1.165, 1.54) is 0 Å². The average molecular weight is 318 g/mol. The summed E-state index contributed by atoms with van der Waals surface area (Å²) in [4.78, 5) is 12.8. The molecule has 0 radical (unpaired) electrons. The van der Waals surface area contributed by atoms with Crippen LogP contribution in [0.15, 0.2) is 40.8 Å². The topological polar surface area (TPSA) is 59.9 Å². The van der Waals surface area contributed by atoms with Crippen molar-refractivity contribution in [1.29, 1.82) is 0 Å². The van der Waals surface area contributed by atoms with Crippen molar-refractivity contribution < 1.29 is 14.3 Å². The lowest BCUT2D eigenvalue weighted by atomic mass is 10.1. The minimum absolute atomic E-state index is 0.137. The van der Waals surface area contributed by atoms with Crippen LogP contribution in [0, 0.1) is 0 Å². The van der Waals surface area contributed by atoms with Gasteiger partial charge in [0.25, 0.3) is 0 Å². The van der Waals surface area contributed by atoms with Crippen molar-refractivity contribution in [3.63, 3.8) is 0 Å². The molecule has 0 fully saturated rings. The van der Waals surface area contributed by atoms with Crippen LogP contribution in [0.25, 0.3) is 0 Å². The Bertz CT molecular complexity index is 666. The molecule has 0 saturated heterocycles. The van der Waals surface area contributed by atoms with Crippen LogP contribution in [0.2, 0.25) is 0 Å². The molecule has 6 heteroatoms. The smallest absolute Gasteiger partial charge is 0.245 e. The van der Waals surface area contributed by atoms with Gasteiger partial charge >= 0.3 is 0 Å². The summed E-state index contributed by atoms with van der Waals surface area (Å²) in [6, 6.07) is 9.34. The third kappa shape index (κ3) is 4.08. The fourth-order valence-corrected chi connectivity index (χ4v) is 2.59. The van der Waals surface area contributed by atoms with Crippen molar-refractivity contribution in [2.45, 2.75) is 13.3 Å². The molecule has 1 N–H and O–H groups in total. The number of thiophene rings is 1. The van der Waals surface area contributed by atoms with Crippen molar-refractivity contribution in [3.05, 3.63) is 46.2 Å². The Hall–Kier alpha value is -2.34. The molecule has 0 unspecified atom stereocenters. The van der Waals surface area contributed by atoms with Crippen molar-refractivity contribution in [1.82, 2.24) is 5.43 Å². The van der Waals surface area contributed by atoms with E-state index in [1.807, 2.05) is 36.6 Å². The second-order valence-corrected chi connectivity index (χ2v) is 5.59. The Morgan fingerprint density at radius 3 is 2.64 bits per heavy atom. The zero-order valence-electron chi connectivity index (χ0n) is 12.8. The number of hydrazone groups is 1. The average Bonchev–Trinajstić information content (AvgIpc) is 3.04. The van der Waals surface area contributed by atoms with Crippen LogP contribution in [-0.4, -0.2) is 25.8 Å². The fraction of sp³-hybridized carbons (Fsp3) is 0.250. The molecule has 0 aliphatic carbocycles. The van der Waals surface area contributed by atoms with Crippen molar-refractivity contribution >= 4 is 23.0 Å². The van der Waals surface area contributed by atoms with E-state index < -0.39 is 0 Å². The second kappa shape index (κ2) is 7.61. The zero-order valence-corrected chi connectivity index (χ0v) is 13.6. The predicted molar refractivity (Wildman–Crippen MR) is 87.9 cm³/mol. The number of hydrogen-bond acceptors (Lipinski definition) is 5.